The Kier molecular flexibility index (Phi) is 9.24. The van der Waals surface area contributed by atoms with Crippen molar-refractivity contribution in [2.45, 2.75) is 45.6 Å². The minimum absolute atomic E-state index is 0.352. The first kappa shape index (κ1) is 15.8. The number of carbonyl (C=O) groups is 1. The van der Waals surface area contributed by atoms with E-state index in [2.05, 4.69) is 17.6 Å². The number of hydrogen-bond donors (Lipinski definition) is 4. The molecule has 0 aromatic carbocycles. The second-order valence-electron chi connectivity index (χ2n) is 4.06. The van der Waals surface area contributed by atoms with Crippen molar-refractivity contribution in [3.05, 3.63) is 12.0 Å². The van der Waals surface area contributed by atoms with Gasteiger partial charge in [-0.1, -0.05) is 19.8 Å². The second kappa shape index (κ2) is 9.96. The van der Waals surface area contributed by atoms with Crippen LogP contribution in [-0.2, 0) is 4.79 Å². The average Bonchev–Trinajstić information content (AvgIpc) is 2.28. The fourth-order valence-corrected chi connectivity index (χ4v) is 1.27. The van der Waals surface area contributed by atoms with Crippen LogP contribution in [0.15, 0.2) is 12.0 Å². The standard InChI is InChI=1S/C12H24N2O3/c1-3-4-5-6-11(15)9-13-7-8-14-10(2)12(16)17/h9-10,13-15H,3-8H2,1-2H3,(H,16,17)/b11-9-. The van der Waals surface area contributed by atoms with E-state index >= 15 is 0 Å². The van der Waals surface area contributed by atoms with Crippen LogP contribution in [0, 0.1) is 0 Å². The van der Waals surface area contributed by atoms with Gasteiger partial charge < -0.3 is 20.8 Å². The molecule has 0 aliphatic rings. The van der Waals surface area contributed by atoms with E-state index < -0.39 is 12.0 Å². The number of carboxylic acids is 1. The van der Waals surface area contributed by atoms with Gasteiger partial charge in [-0.2, -0.15) is 0 Å². The summed E-state index contributed by atoms with van der Waals surface area (Å²) < 4.78 is 0. The summed E-state index contributed by atoms with van der Waals surface area (Å²) in [6.45, 7) is 4.86. The van der Waals surface area contributed by atoms with Crippen LogP contribution in [0.3, 0.4) is 0 Å². The lowest BCUT2D eigenvalue weighted by atomic mass is 10.2. The summed E-state index contributed by atoms with van der Waals surface area (Å²) in [7, 11) is 0. The molecule has 0 fully saturated rings. The van der Waals surface area contributed by atoms with E-state index in [0.717, 1.165) is 19.3 Å². The topological polar surface area (TPSA) is 81.6 Å². The molecule has 0 saturated carbocycles. The van der Waals surface area contributed by atoms with E-state index in [0.29, 0.717) is 25.3 Å². The van der Waals surface area contributed by atoms with Gasteiger partial charge in [0.25, 0.3) is 0 Å². The Morgan fingerprint density at radius 3 is 2.59 bits per heavy atom. The third-order valence-electron chi connectivity index (χ3n) is 2.40. The van der Waals surface area contributed by atoms with Crippen molar-refractivity contribution < 1.29 is 15.0 Å². The molecule has 0 amide bonds. The van der Waals surface area contributed by atoms with Crippen molar-refractivity contribution in [2.75, 3.05) is 13.1 Å². The molecule has 5 heteroatoms. The van der Waals surface area contributed by atoms with Crippen LogP contribution in [0.4, 0.5) is 0 Å². The molecule has 0 aliphatic heterocycles. The summed E-state index contributed by atoms with van der Waals surface area (Å²) >= 11 is 0. The first-order chi connectivity index (χ1) is 8.07. The third kappa shape index (κ3) is 9.68. The van der Waals surface area contributed by atoms with Crippen LogP contribution < -0.4 is 10.6 Å². The van der Waals surface area contributed by atoms with Crippen LogP contribution in [0.2, 0.25) is 0 Å². The zero-order chi connectivity index (χ0) is 13.1. The fraction of sp³-hybridized carbons (Fsp3) is 0.750. The van der Waals surface area contributed by atoms with Gasteiger partial charge in [-0.3, -0.25) is 4.79 Å². The maximum atomic E-state index is 10.5. The fourth-order valence-electron chi connectivity index (χ4n) is 1.27. The van der Waals surface area contributed by atoms with E-state index in [1.165, 1.54) is 0 Å². The van der Waals surface area contributed by atoms with Crippen LogP contribution in [-0.4, -0.2) is 35.3 Å². The average molecular weight is 244 g/mol. The summed E-state index contributed by atoms with van der Waals surface area (Å²) in [4.78, 5) is 10.5. The molecule has 0 rings (SSSR count). The predicted octanol–water partition coefficient (Wildman–Crippen LogP) is 1.62. The van der Waals surface area contributed by atoms with E-state index in [9.17, 15) is 9.90 Å². The molecule has 17 heavy (non-hydrogen) atoms. The quantitative estimate of drug-likeness (QED) is 0.347. The molecule has 100 valence electrons. The Hall–Kier alpha value is -1.23. The van der Waals surface area contributed by atoms with E-state index in [-0.39, 0.29) is 0 Å². The molecule has 1 unspecified atom stereocenters. The molecule has 0 aromatic rings. The van der Waals surface area contributed by atoms with Gasteiger partial charge in [0.2, 0.25) is 0 Å². The minimum Gasteiger partial charge on any atom is -0.511 e. The Bertz CT molecular complexity index is 242. The monoisotopic (exact) mass is 244 g/mol. The summed E-state index contributed by atoms with van der Waals surface area (Å²) in [6, 6.07) is -0.543. The van der Waals surface area contributed by atoms with Crippen molar-refractivity contribution in [1.82, 2.24) is 10.6 Å². The van der Waals surface area contributed by atoms with E-state index in [4.69, 9.17) is 5.11 Å². The highest BCUT2D eigenvalue weighted by Gasteiger charge is 2.07. The second-order valence-corrected chi connectivity index (χ2v) is 4.06. The van der Waals surface area contributed by atoms with Crippen LogP contribution in [0.5, 0.6) is 0 Å². The third-order valence-corrected chi connectivity index (χ3v) is 2.40. The summed E-state index contributed by atoms with van der Waals surface area (Å²) in [6.07, 6.45) is 5.53. The number of allylic oxidation sites excluding steroid dienone is 1. The molecule has 4 N–H and O–H groups in total. The molecule has 0 aliphatic carbocycles. The van der Waals surface area contributed by atoms with Crippen LogP contribution in [0.25, 0.3) is 0 Å². The molecule has 0 bridgehead atoms. The number of aliphatic carboxylic acids is 1. The predicted molar refractivity (Wildman–Crippen MR) is 68.0 cm³/mol. The number of unbranched alkanes of at least 4 members (excludes halogenated alkanes) is 2. The SMILES string of the molecule is CCCCC/C(O)=C/NCCNC(C)C(=O)O. The van der Waals surface area contributed by atoms with Crippen molar-refractivity contribution in [3.63, 3.8) is 0 Å². The number of rotatable bonds is 10. The van der Waals surface area contributed by atoms with Gasteiger partial charge in [-0.15, -0.1) is 0 Å². The van der Waals surface area contributed by atoms with Gasteiger partial charge in [0, 0.05) is 25.7 Å². The van der Waals surface area contributed by atoms with Crippen LogP contribution >= 0.6 is 0 Å². The molecule has 0 radical (unpaired) electrons. The van der Waals surface area contributed by atoms with Crippen LogP contribution in [0.1, 0.15) is 39.5 Å². The maximum Gasteiger partial charge on any atom is 0.320 e. The summed E-state index contributed by atoms with van der Waals surface area (Å²) in [5.41, 5.74) is 0. The number of nitrogens with one attached hydrogen (secondary N) is 2. The Morgan fingerprint density at radius 1 is 1.29 bits per heavy atom. The molecule has 0 heterocycles. The van der Waals surface area contributed by atoms with Crippen molar-refractivity contribution in [1.29, 1.82) is 0 Å². The molecule has 0 aromatic heterocycles. The summed E-state index contributed by atoms with van der Waals surface area (Å²) in [5.74, 6) is -0.507. The number of aliphatic hydroxyl groups is 1. The van der Waals surface area contributed by atoms with Gasteiger partial charge >= 0.3 is 5.97 Å². The zero-order valence-electron chi connectivity index (χ0n) is 10.7. The largest absolute Gasteiger partial charge is 0.511 e. The normalized spacial score (nSPS) is 13.4. The first-order valence-corrected chi connectivity index (χ1v) is 6.15. The lowest BCUT2D eigenvalue weighted by molar-refractivity contribution is -0.138. The Balaban J connectivity index is 3.48. The Morgan fingerprint density at radius 2 is 2.00 bits per heavy atom. The molecule has 1 atom stereocenters. The lowest BCUT2D eigenvalue weighted by Crippen LogP contribution is -2.37. The zero-order valence-corrected chi connectivity index (χ0v) is 10.7. The minimum atomic E-state index is -0.858. The van der Waals surface area contributed by atoms with Crippen molar-refractivity contribution in [3.8, 4) is 0 Å². The first-order valence-electron chi connectivity index (χ1n) is 6.15. The highest BCUT2D eigenvalue weighted by Crippen LogP contribution is 2.04. The van der Waals surface area contributed by atoms with Gasteiger partial charge in [0.15, 0.2) is 0 Å². The molecule has 5 nitrogen and oxygen atoms in total. The van der Waals surface area contributed by atoms with Gasteiger partial charge in [0.05, 0.1) is 0 Å². The number of aliphatic hydroxyl groups excluding tert-OH is 1. The Labute approximate surface area is 103 Å². The molecular formula is C12H24N2O3. The highest BCUT2D eigenvalue weighted by atomic mass is 16.4. The maximum absolute atomic E-state index is 10.5. The van der Waals surface area contributed by atoms with Gasteiger partial charge in [0.1, 0.15) is 11.8 Å². The van der Waals surface area contributed by atoms with Crippen molar-refractivity contribution >= 4 is 5.97 Å². The number of carboxylic acid groups (broad SMARTS) is 1. The number of hydrogen-bond acceptors (Lipinski definition) is 4. The smallest absolute Gasteiger partial charge is 0.320 e. The summed E-state index contributed by atoms with van der Waals surface area (Å²) in [5, 5.41) is 23.8. The van der Waals surface area contributed by atoms with Gasteiger partial charge in [-0.05, 0) is 13.3 Å². The highest BCUT2D eigenvalue weighted by molar-refractivity contribution is 5.72. The molecular weight excluding hydrogens is 220 g/mol. The molecule has 0 saturated heterocycles. The van der Waals surface area contributed by atoms with E-state index in [1.54, 1.807) is 13.1 Å². The van der Waals surface area contributed by atoms with Gasteiger partial charge in [-0.25, -0.2) is 0 Å². The van der Waals surface area contributed by atoms with Crippen molar-refractivity contribution in [2.24, 2.45) is 0 Å². The molecule has 0 spiro atoms. The lowest BCUT2D eigenvalue weighted by Gasteiger charge is -2.08. The van der Waals surface area contributed by atoms with E-state index in [1.807, 2.05) is 0 Å².